The number of primary amides is 1. The number of aliphatic hydroxyl groups excluding tert-OH is 1. The highest BCUT2D eigenvalue weighted by Crippen LogP contribution is 2.29. The minimum Gasteiger partial charge on any atom is -0.490 e. The molecule has 1 aromatic heterocycles. The van der Waals surface area contributed by atoms with Gasteiger partial charge < -0.3 is 20.1 Å². The lowest BCUT2D eigenvalue weighted by atomic mass is 10.2. The van der Waals surface area contributed by atoms with E-state index in [1.54, 1.807) is 12.1 Å². The number of nitrogens with one attached hydrogen (secondary N) is 1. The number of aliphatic hydroxyl groups is 1. The van der Waals surface area contributed by atoms with Crippen LogP contribution in [0.5, 0.6) is 5.75 Å². The summed E-state index contributed by atoms with van der Waals surface area (Å²) in [5.41, 5.74) is 9.96. The van der Waals surface area contributed by atoms with Gasteiger partial charge in [-0.15, -0.1) is 0 Å². The molecule has 0 bridgehead atoms. The SMILES string of the molecule is NC(=O)N/N=C\c1ccccc1OC[C@@H](O)Cn1c2ccccc2c2ccccc21. The van der Waals surface area contributed by atoms with E-state index in [1.165, 1.54) is 6.21 Å². The second-order valence-corrected chi connectivity index (χ2v) is 6.88. The first kappa shape index (κ1) is 19.5. The molecule has 7 nitrogen and oxygen atoms in total. The van der Waals surface area contributed by atoms with Gasteiger partial charge >= 0.3 is 6.03 Å². The molecular formula is C23H22N4O3. The van der Waals surface area contributed by atoms with Crippen LogP contribution in [0.15, 0.2) is 77.9 Å². The molecule has 0 aliphatic carbocycles. The Kier molecular flexibility index (Phi) is 5.63. The fourth-order valence-electron chi connectivity index (χ4n) is 3.53. The van der Waals surface area contributed by atoms with Crippen molar-refractivity contribution in [3.05, 3.63) is 78.4 Å². The predicted molar refractivity (Wildman–Crippen MR) is 118 cm³/mol. The van der Waals surface area contributed by atoms with E-state index in [-0.39, 0.29) is 6.61 Å². The van der Waals surface area contributed by atoms with Crippen molar-refractivity contribution in [3.8, 4) is 5.75 Å². The monoisotopic (exact) mass is 402 g/mol. The number of carbonyl (C=O) groups excluding carboxylic acids is 1. The highest BCUT2D eigenvalue weighted by Gasteiger charge is 2.14. The molecule has 0 unspecified atom stereocenters. The smallest absolute Gasteiger partial charge is 0.332 e. The van der Waals surface area contributed by atoms with E-state index in [1.807, 2.05) is 36.4 Å². The summed E-state index contributed by atoms with van der Waals surface area (Å²) in [7, 11) is 0. The zero-order valence-corrected chi connectivity index (χ0v) is 16.2. The van der Waals surface area contributed by atoms with Gasteiger partial charge in [0.25, 0.3) is 0 Å². The summed E-state index contributed by atoms with van der Waals surface area (Å²) in [4.78, 5) is 10.8. The van der Waals surface area contributed by atoms with Crippen molar-refractivity contribution in [1.29, 1.82) is 0 Å². The van der Waals surface area contributed by atoms with Gasteiger partial charge in [0.05, 0.1) is 12.8 Å². The Labute approximate surface area is 173 Å². The Balaban J connectivity index is 1.51. The van der Waals surface area contributed by atoms with Crippen LogP contribution in [0.1, 0.15) is 5.56 Å². The van der Waals surface area contributed by atoms with Crippen LogP contribution >= 0.6 is 0 Å². The maximum absolute atomic E-state index is 10.8. The van der Waals surface area contributed by atoms with Gasteiger partial charge in [-0.1, -0.05) is 48.5 Å². The Hall–Kier alpha value is -3.84. The fourth-order valence-corrected chi connectivity index (χ4v) is 3.53. The molecule has 30 heavy (non-hydrogen) atoms. The predicted octanol–water partition coefficient (Wildman–Crippen LogP) is 3.24. The molecule has 0 radical (unpaired) electrons. The first-order chi connectivity index (χ1) is 14.6. The van der Waals surface area contributed by atoms with Crippen molar-refractivity contribution in [3.63, 3.8) is 0 Å². The van der Waals surface area contributed by atoms with Crippen molar-refractivity contribution in [2.45, 2.75) is 12.6 Å². The summed E-state index contributed by atoms with van der Waals surface area (Å²) in [6.07, 6.45) is 0.720. The van der Waals surface area contributed by atoms with Crippen LogP contribution in [-0.2, 0) is 6.54 Å². The number of nitrogens with two attached hydrogens (primary N) is 1. The third kappa shape index (κ3) is 4.11. The van der Waals surface area contributed by atoms with Gasteiger partial charge in [0.15, 0.2) is 0 Å². The van der Waals surface area contributed by atoms with E-state index >= 15 is 0 Å². The molecule has 0 saturated heterocycles. The normalized spacial score (nSPS) is 12.4. The Morgan fingerprint density at radius 2 is 1.63 bits per heavy atom. The van der Waals surface area contributed by atoms with Gasteiger partial charge in [0.1, 0.15) is 18.5 Å². The number of fused-ring (bicyclic) bond motifs is 3. The van der Waals surface area contributed by atoms with Crippen molar-refractivity contribution in [2.24, 2.45) is 10.8 Å². The highest BCUT2D eigenvalue weighted by atomic mass is 16.5. The number of amides is 2. The molecule has 4 aromatic rings. The molecule has 0 fully saturated rings. The number of urea groups is 1. The quantitative estimate of drug-likeness (QED) is 0.327. The molecule has 1 atom stereocenters. The van der Waals surface area contributed by atoms with Gasteiger partial charge in [-0.05, 0) is 24.3 Å². The number of carbonyl (C=O) groups is 1. The summed E-state index contributed by atoms with van der Waals surface area (Å²) < 4.78 is 7.94. The zero-order chi connectivity index (χ0) is 20.9. The summed E-state index contributed by atoms with van der Waals surface area (Å²) in [6.45, 7) is 0.502. The van der Waals surface area contributed by atoms with Crippen LogP contribution in [0, 0.1) is 0 Å². The summed E-state index contributed by atoms with van der Waals surface area (Å²) in [5.74, 6) is 0.550. The number of para-hydroxylation sites is 3. The lowest BCUT2D eigenvalue weighted by Crippen LogP contribution is -2.24. The Bertz CT molecular complexity index is 1160. The molecule has 0 aliphatic rings. The largest absolute Gasteiger partial charge is 0.490 e. The molecule has 0 spiro atoms. The number of benzene rings is 3. The van der Waals surface area contributed by atoms with Crippen molar-refractivity contribution in [2.75, 3.05) is 6.61 Å². The van der Waals surface area contributed by atoms with E-state index in [4.69, 9.17) is 10.5 Å². The number of nitrogens with zero attached hydrogens (tertiary/aromatic N) is 2. The average molecular weight is 402 g/mol. The highest BCUT2D eigenvalue weighted by molar-refractivity contribution is 6.07. The summed E-state index contributed by atoms with van der Waals surface area (Å²) in [6, 6.07) is 22.8. The molecule has 3 aromatic carbocycles. The molecule has 1 heterocycles. The molecule has 0 aliphatic heterocycles. The van der Waals surface area contributed by atoms with Gasteiger partial charge in [-0.2, -0.15) is 5.10 Å². The standard InChI is InChI=1S/C23H22N4O3/c24-23(29)26-25-13-16-7-1-6-12-22(16)30-15-17(28)14-27-20-10-4-2-8-18(20)19-9-3-5-11-21(19)27/h1-13,17,28H,14-15H2,(H3,24,26,29)/b25-13-/t17-/m0/s1. The second-order valence-electron chi connectivity index (χ2n) is 6.88. The maximum Gasteiger partial charge on any atom is 0.332 e. The summed E-state index contributed by atoms with van der Waals surface area (Å²) in [5, 5.41) is 16.8. The molecule has 152 valence electrons. The van der Waals surface area contributed by atoms with Crippen LogP contribution < -0.4 is 15.9 Å². The van der Waals surface area contributed by atoms with E-state index < -0.39 is 12.1 Å². The van der Waals surface area contributed by atoms with E-state index in [0.717, 1.165) is 21.8 Å². The average Bonchev–Trinajstić information content (AvgIpc) is 3.07. The maximum atomic E-state index is 10.8. The molecular weight excluding hydrogens is 380 g/mol. The number of hydrogen-bond donors (Lipinski definition) is 3. The van der Waals surface area contributed by atoms with E-state index in [2.05, 4.69) is 39.4 Å². The van der Waals surface area contributed by atoms with Crippen molar-refractivity contribution < 1.29 is 14.6 Å². The van der Waals surface area contributed by atoms with Gasteiger partial charge in [-0.25, -0.2) is 10.2 Å². The van der Waals surface area contributed by atoms with Crippen LogP contribution in [0.3, 0.4) is 0 Å². The van der Waals surface area contributed by atoms with E-state index in [0.29, 0.717) is 17.9 Å². The molecule has 7 heteroatoms. The third-order valence-corrected chi connectivity index (χ3v) is 4.80. The summed E-state index contributed by atoms with van der Waals surface area (Å²) >= 11 is 0. The number of aromatic nitrogens is 1. The minimum absolute atomic E-state index is 0.106. The van der Waals surface area contributed by atoms with Crippen LogP contribution in [0.4, 0.5) is 4.79 Å². The second kappa shape index (κ2) is 8.67. The molecule has 4 rings (SSSR count). The van der Waals surface area contributed by atoms with Gasteiger partial charge in [-0.3, -0.25) is 0 Å². The first-order valence-corrected chi connectivity index (χ1v) is 9.58. The lowest BCUT2D eigenvalue weighted by Gasteiger charge is -2.16. The number of ether oxygens (including phenoxy) is 1. The topological polar surface area (TPSA) is 102 Å². The number of hydrogen-bond acceptors (Lipinski definition) is 4. The number of rotatable bonds is 7. The molecule has 2 amide bonds. The third-order valence-electron chi connectivity index (χ3n) is 4.80. The van der Waals surface area contributed by atoms with Crippen LogP contribution in [0.25, 0.3) is 21.8 Å². The fraction of sp³-hybridized carbons (Fsp3) is 0.130. The molecule has 4 N–H and O–H groups in total. The van der Waals surface area contributed by atoms with Crippen LogP contribution in [0.2, 0.25) is 0 Å². The lowest BCUT2D eigenvalue weighted by molar-refractivity contribution is 0.0944. The van der Waals surface area contributed by atoms with Crippen LogP contribution in [-0.4, -0.2) is 34.6 Å². The number of hydrazone groups is 1. The minimum atomic E-state index is -0.744. The Morgan fingerprint density at radius 1 is 1.03 bits per heavy atom. The van der Waals surface area contributed by atoms with Gasteiger partial charge in [0, 0.05) is 27.4 Å². The zero-order valence-electron chi connectivity index (χ0n) is 16.2. The molecule has 0 saturated carbocycles. The van der Waals surface area contributed by atoms with E-state index in [9.17, 15) is 9.90 Å². The van der Waals surface area contributed by atoms with Crippen molar-refractivity contribution in [1.82, 2.24) is 9.99 Å². The Morgan fingerprint density at radius 3 is 2.30 bits per heavy atom. The van der Waals surface area contributed by atoms with Crippen molar-refractivity contribution >= 4 is 34.1 Å². The first-order valence-electron chi connectivity index (χ1n) is 9.58. The van der Waals surface area contributed by atoms with Gasteiger partial charge in [0.2, 0.25) is 0 Å².